The van der Waals surface area contributed by atoms with Crippen LogP contribution in [-0.4, -0.2) is 7.11 Å². The van der Waals surface area contributed by atoms with Crippen LogP contribution in [0.3, 0.4) is 0 Å². The average molecular weight is 290 g/mol. The van der Waals surface area contributed by atoms with E-state index in [4.69, 9.17) is 4.74 Å². The molecule has 0 unspecified atom stereocenters. The first-order valence-corrected chi connectivity index (χ1v) is 7.42. The molecule has 3 aromatic rings. The fraction of sp³-hybridized carbons (Fsp3) is 0.158. The minimum atomic E-state index is -0.352. The van der Waals surface area contributed by atoms with Crippen LogP contribution in [0, 0.1) is 0 Å². The van der Waals surface area contributed by atoms with Gasteiger partial charge in [-0.2, -0.15) is 0 Å². The topological polar surface area (TPSA) is 33.3 Å². The number of nitrogens with one attached hydrogen (secondary N) is 2. The van der Waals surface area contributed by atoms with Gasteiger partial charge in [0.1, 0.15) is 11.4 Å². The van der Waals surface area contributed by atoms with Gasteiger partial charge in [-0.05, 0) is 42.1 Å². The van der Waals surface area contributed by atoms with E-state index < -0.39 is 0 Å². The molecule has 0 saturated heterocycles. The molecule has 22 heavy (non-hydrogen) atoms. The van der Waals surface area contributed by atoms with Crippen LogP contribution < -0.4 is 15.4 Å². The average Bonchev–Trinajstić information content (AvgIpc) is 2.55. The Bertz CT molecular complexity index is 799. The van der Waals surface area contributed by atoms with E-state index in [1.807, 2.05) is 12.1 Å². The summed E-state index contributed by atoms with van der Waals surface area (Å²) in [6.45, 7) is 2.16. The van der Waals surface area contributed by atoms with Gasteiger partial charge in [0.25, 0.3) is 0 Å². The van der Waals surface area contributed by atoms with Crippen LogP contribution in [0.2, 0.25) is 0 Å². The molecular formula is C19H18N2O. The smallest absolute Gasteiger partial charge is 0.131 e. The van der Waals surface area contributed by atoms with E-state index in [9.17, 15) is 0 Å². The second-order valence-corrected chi connectivity index (χ2v) is 5.81. The summed E-state index contributed by atoms with van der Waals surface area (Å²) in [5, 5.41) is 9.77. The first-order chi connectivity index (χ1) is 10.7. The molecule has 0 spiro atoms. The van der Waals surface area contributed by atoms with E-state index in [1.165, 1.54) is 16.3 Å². The second kappa shape index (κ2) is 4.67. The number of ether oxygens (including phenoxy) is 1. The van der Waals surface area contributed by atoms with Crippen LogP contribution in [0.5, 0.6) is 5.75 Å². The molecule has 0 amide bonds. The number of anilines is 2. The van der Waals surface area contributed by atoms with Crippen LogP contribution in [0.25, 0.3) is 10.8 Å². The fourth-order valence-corrected chi connectivity index (χ4v) is 3.19. The third-order valence-electron chi connectivity index (χ3n) is 4.34. The molecule has 0 atom stereocenters. The predicted octanol–water partition coefficient (Wildman–Crippen LogP) is 4.56. The van der Waals surface area contributed by atoms with Crippen molar-refractivity contribution in [3.05, 3.63) is 66.2 Å². The first-order valence-electron chi connectivity index (χ1n) is 7.42. The third kappa shape index (κ3) is 1.90. The van der Waals surface area contributed by atoms with Gasteiger partial charge in [-0.15, -0.1) is 0 Å². The highest BCUT2D eigenvalue weighted by atomic mass is 16.5. The molecule has 0 fully saturated rings. The Morgan fingerprint density at radius 1 is 0.818 bits per heavy atom. The van der Waals surface area contributed by atoms with Gasteiger partial charge in [-0.3, -0.25) is 0 Å². The monoisotopic (exact) mass is 290 g/mol. The molecule has 110 valence electrons. The van der Waals surface area contributed by atoms with Gasteiger partial charge in [0.2, 0.25) is 0 Å². The Balaban J connectivity index is 1.82. The minimum absolute atomic E-state index is 0.352. The van der Waals surface area contributed by atoms with Gasteiger partial charge < -0.3 is 15.4 Å². The molecule has 3 aromatic carbocycles. The number of rotatable bonds is 2. The van der Waals surface area contributed by atoms with Crippen LogP contribution in [0.1, 0.15) is 12.5 Å². The minimum Gasteiger partial charge on any atom is -0.497 e. The molecule has 0 radical (unpaired) electrons. The van der Waals surface area contributed by atoms with E-state index in [0.29, 0.717) is 0 Å². The predicted molar refractivity (Wildman–Crippen MR) is 91.5 cm³/mol. The van der Waals surface area contributed by atoms with Crippen molar-refractivity contribution < 1.29 is 4.74 Å². The second-order valence-electron chi connectivity index (χ2n) is 5.81. The standard InChI is InChI=1S/C19H18N2O/c1-19(14-9-11-15(22-2)12-10-14)20-16-7-3-5-13-6-4-8-17(21-19)18(13)16/h3-12,20-21H,1-2H3. The van der Waals surface area contributed by atoms with Gasteiger partial charge in [-0.1, -0.05) is 36.4 Å². The van der Waals surface area contributed by atoms with Crippen molar-refractivity contribution in [2.75, 3.05) is 17.7 Å². The van der Waals surface area contributed by atoms with Crippen LogP contribution in [0.4, 0.5) is 11.4 Å². The van der Waals surface area contributed by atoms with E-state index >= 15 is 0 Å². The number of methoxy groups -OCH3 is 1. The van der Waals surface area contributed by atoms with Gasteiger partial charge in [0, 0.05) is 16.8 Å². The molecule has 3 nitrogen and oxygen atoms in total. The summed E-state index contributed by atoms with van der Waals surface area (Å²) in [5.74, 6) is 0.866. The molecule has 1 aliphatic rings. The van der Waals surface area contributed by atoms with E-state index in [-0.39, 0.29) is 5.66 Å². The lowest BCUT2D eigenvalue weighted by atomic mass is 9.95. The highest BCUT2D eigenvalue weighted by molar-refractivity contribution is 6.05. The van der Waals surface area contributed by atoms with Crippen molar-refractivity contribution in [1.82, 2.24) is 0 Å². The summed E-state index contributed by atoms with van der Waals surface area (Å²) in [6, 6.07) is 20.9. The fourth-order valence-electron chi connectivity index (χ4n) is 3.19. The van der Waals surface area contributed by atoms with Crippen molar-refractivity contribution in [2.24, 2.45) is 0 Å². The number of hydrogen-bond donors (Lipinski definition) is 2. The molecule has 3 heteroatoms. The van der Waals surface area contributed by atoms with Gasteiger partial charge >= 0.3 is 0 Å². The molecular weight excluding hydrogens is 272 g/mol. The third-order valence-corrected chi connectivity index (χ3v) is 4.34. The van der Waals surface area contributed by atoms with Crippen molar-refractivity contribution in [3.63, 3.8) is 0 Å². The molecule has 1 aliphatic heterocycles. The maximum absolute atomic E-state index is 5.25. The summed E-state index contributed by atoms with van der Waals surface area (Å²) in [6.07, 6.45) is 0. The van der Waals surface area contributed by atoms with Crippen molar-refractivity contribution in [2.45, 2.75) is 12.6 Å². The Kier molecular flexibility index (Phi) is 2.76. The van der Waals surface area contributed by atoms with Crippen molar-refractivity contribution >= 4 is 22.1 Å². The highest BCUT2D eigenvalue weighted by Gasteiger charge is 2.31. The Labute approximate surface area is 129 Å². The largest absolute Gasteiger partial charge is 0.497 e. The van der Waals surface area contributed by atoms with E-state index in [1.54, 1.807) is 7.11 Å². The Morgan fingerprint density at radius 2 is 1.41 bits per heavy atom. The number of benzene rings is 3. The summed E-state index contributed by atoms with van der Waals surface area (Å²) in [7, 11) is 1.69. The summed E-state index contributed by atoms with van der Waals surface area (Å²) >= 11 is 0. The zero-order valence-electron chi connectivity index (χ0n) is 12.7. The van der Waals surface area contributed by atoms with Gasteiger partial charge in [0.15, 0.2) is 0 Å². The molecule has 2 N–H and O–H groups in total. The summed E-state index contributed by atoms with van der Waals surface area (Å²) in [5.41, 5.74) is 3.13. The number of hydrogen-bond acceptors (Lipinski definition) is 3. The van der Waals surface area contributed by atoms with E-state index in [0.717, 1.165) is 17.1 Å². The van der Waals surface area contributed by atoms with E-state index in [2.05, 4.69) is 66.1 Å². The molecule has 0 aromatic heterocycles. The van der Waals surface area contributed by atoms with Crippen molar-refractivity contribution in [3.8, 4) is 5.75 Å². The SMILES string of the molecule is COc1ccc(C2(C)Nc3cccc4cccc(c34)N2)cc1. The molecule has 0 saturated carbocycles. The summed E-state index contributed by atoms with van der Waals surface area (Å²) in [4.78, 5) is 0. The lowest BCUT2D eigenvalue weighted by Crippen LogP contribution is -2.42. The van der Waals surface area contributed by atoms with Crippen LogP contribution in [-0.2, 0) is 5.66 Å². The Hall–Kier alpha value is -2.68. The van der Waals surface area contributed by atoms with Gasteiger partial charge in [-0.25, -0.2) is 0 Å². The van der Waals surface area contributed by atoms with Crippen LogP contribution >= 0.6 is 0 Å². The van der Waals surface area contributed by atoms with Crippen LogP contribution in [0.15, 0.2) is 60.7 Å². The zero-order valence-corrected chi connectivity index (χ0v) is 12.7. The molecule has 0 bridgehead atoms. The lowest BCUT2D eigenvalue weighted by Gasteiger charge is -2.39. The Morgan fingerprint density at radius 3 is 1.95 bits per heavy atom. The zero-order chi connectivity index (χ0) is 15.2. The maximum Gasteiger partial charge on any atom is 0.131 e. The lowest BCUT2D eigenvalue weighted by molar-refractivity contribution is 0.414. The van der Waals surface area contributed by atoms with Crippen molar-refractivity contribution in [1.29, 1.82) is 0 Å². The highest BCUT2D eigenvalue weighted by Crippen LogP contribution is 2.41. The molecule has 0 aliphatic carbocycles. The van der Waals surface area contributed by atoms with Gasteiger partial charge in [0.05, 0.1) is 7.11 Å². The summed E-state index contributed by atoms with van der Waals surface area (Å²) < 4.78 is 5.25. The maximum atomic E-state index is 5.25. The first kappa shape index (κ1) is 13.0. The normalized spacial score (nSPS) is 15.0. The quantitative estimate of drug-likeness (QED) is 0.726. The molecule has 4 rings (SSSR count). The molecule has 1 heterocycles.